The van der Waals surface area contributed by atoms with E-state index >= 15 is 0 Å². The number of carbonyl (C=O) groups is 1. The first-order chi connectivity index (χ1) is 16.1. The molecule has 0 spiro atoms. The molecule has 176 valence electrons. The molecule has 33 heavy (non-hydrogen) atoms. The van der Waals surface area contributed by atoms with Gasteiger partial charge in [-0.3, -0.25) is 9.69 Å². The summed E-state index contributed by atoms with van der Waals surface area (Å²) in [6.45, 7) is 3.02. The molecule has 1 saturated heterocycles. The van der Waals surface area contributed by atoms with Crippen molar-refractivity contribution in [2.45, 2.75) is 57.0 Å². The topological polar surface area (TPSA) is 35.6 Å². The van der Waals surface area contributed by atoms with Crippen molar-refractivity contribution in [3.8, 4) is 0 Å². The number of benzene rings is 2. The molecule has 1 N–H and O–H groups in total. The Labute approximate surface area is 201 Å². The van der Waals surface area contributed by atoms with E-state index in [0.717, 1.165) is 70.4 Å². The number of rotatable bonds is 5. The number of fused-ring (bicyclic) bond motifs is 1. The number of nitrogens with zero attached hydrogens (tertiary/aromatic N) is 2. The van der Waals surface area contributed by atoms with Gasteiger partial charge in [0, 0.05) is 43.8 Å². The van der Waals surface area contributed by atoms with E-state index in [1.54, 1.807) is 6.07 Å². The zero-order valence-corrected chi connectivity index (χ0v) is 19.9. The lowest BCUT2D eigenvalue weighted by Crippen LogP contribution is -2.60. The largest absolute Gasteiger partial charge is 0.380 e. The quantitative estimate of drug-likeness (QED) is 0.623. The molecule has 4 nitrogen and oxygen atoms in total. The van der Waals surface area contributed by atoms with Gasteiger partial charge in [-0.1, -0.05) is 49.1 Å². The summed E-state index contributed by atoms with van der Waals surface area (Å²) >= 11 is 6.36. The molecule has 2 aliphatic heterocycles. The molecule has 5 rings (SSSR count). The van der Waals surface area contributed by atoms with E-state index in [9.17, 15) is 9.18 Å². The predicted molar refractivity (Wildman–Crippen MR) is 133 cm³/mol. The minimum absolute atomic E-state index is 0.119. The first-order valence-corrected chi connectivity index (χ1v) is 12.8. The molecule has 2 fully saturated rings. The second-order valence-corrected chi connectivity index (χ2v) is 10.2. The third-order valence-electron chi connectivity index (χ3n) is 7.72. The van der Waals surface area contributed by atoms with Gasteiger partial charge < -0.3 is 10.2 Å². The molecule has 2 aromatic rings. The summed E-state index contributed by atoms with van der Waals surface area (Å²) < 4.78 is 13.8. The average Bonchev–Trinajstić information content (AvgIpc) is 2.86. The first-order valence-electron chi connectivity index (χ1n) is 12.4. The van der Waals surface area contributed by atoms with Crippen LogP contribution in [0.2, 0.25) is 5.02 Å². The van der Waals surface area contributed by atoms with Crippen LogP contribution < -0.4 is 10.2 Å². The van der Waals surface area contributed by atoms with E-state index in [2.05, 4.69) is 39.4 Å². The Kier molecular flexibility index (Phi) is 6.89. The summed E-state index contributed by atoms with van der Waals surface area (Å²) in [5.74, 6) is 0.328. The number of halogens is 2. The van der Waals surface area contributed by atoms with Crippen LogP contribution in [0.25, 0.3) is 0 Å². The number of Topliss-reactive ketones (excluding diaryl/α,β-unsaturated/α-hetero) is 1. The molecule has 0 radical (unpaired) electrons. The van der Waals surface area contributed by atoms with Crippen LogP contribution in [-0.4, -0.2) is 48.9 Å². The zero-order chi connectivity index (χ0) is 22.8. The number of ketones is 1. The van der Waals surface area contributed by atoms with Crippen molar-refractivity contribution >= 4 is 28.8 Å². The van der Waals surface area contributed by atoms with E-state index in [-0.39, 0.29) is 23.8 Å². The average molecular weight is 470 g/mol. The fourth-order valence-corrected chi connectivity index (χ4v) is 6.17. The van der Waals surface area contributed by atoms with Crippen molar-refractivity contribution in [3.05, 3.63) is 58.9 Å². The number of hydrogen-bond acceptors (Lipinski definition) is 4. The molecule has 2 atom stereocenters. The number of para-hydroxylation sites is 1. The van der Waals surface area contributed by atoms with Crippen LogP contribution in [0.3, 0.4) is 0 Å². The zero-order valence-electron chi connectivity index (χ0n) is 19.1. The van der Waals surface area contributed by atoms with Gasteiger partial charge in [0.05, 0.1) is 16.8 Å². The number of carbonyl (C=O) groups excluding carboxylic acids is 1. The summed E-state index contributed by atoms with van der Waals surface area (Å²) in [7, 11) is 0. The van der Waals surface area contributed by atoms with Gasteiger partial charge in [-0.05, 0) is 55.5 Å². The smallest absolute Gasteiger partial charge is 0.155 e. The molecule has 2 heterocycles. The highest BCUT2D eigenvalue weighted by atomic mass is 35.5. The van der Waals surface area contributed by atoms with Crippen LogP contribution in [0.4, 0.5) is 15.8 Å². The van der Waals surface area contributed by atoms with Gasteiger partial charge in [-0.25, -0.2) is 4.39 Å². The van der Waals surface area contributed by atoms with Gasteiger partial charge in [0.2, 0.25) is 0 Å². The monoisotopic (exact) mass is 469 g/mol. The first kappa shape index (κ1) is 22.7. The van der Waals surface area contributed by atoms with E-state index in [1.165, 1.54) is 29.8 Å². The minimum Gasteiger partial charge on any atom is -0.380 e. The Morgan fingerprint density at radius 1 is 1.00 bits per heavy atom. The highest BCUT2D eigenvalue weighted by Crippen LogP contribution is 2.33. The van der Waals surface area contributed by atoms with E-state index in [1.807, 2.05) is 0 Å². The SMILES string of the molecule is O=C(C1CCCCC1)C(C1CCc2ccccc2N1)N1CCN(c2cc(F)ccc2Cl)CC1. The lowest BCUT2D eigenvalue weighted by atomic mass is 9.80. The summed E-state index contributed by atoms with van der Waals surface area (Å²) in [5.41, 5.74) is 3.25. The van der Waals surface area contributed by atoms with Crippen molar-refractivity contribution < 1.29 is 9.18 Å². The highest BCUT2D eigenvalue weighted by Gasteiger charge is 2.40. The molecule has 1 saturated carbocycles. The van der Waals surface area contributed by atoms with Crippen molar-refractivity contribution in [2.24, 2.45) is 5.92 Å². The number of hydrogen-bond donors (Lipinski definition) is 1. The minimum atomic E-state index is -0.271. The van der Waals surface area contributed by atoms with Crippen LogP contribution in [0.1, 0.15) is 44.1 Å². The fraction of sp³-hybridized carbons (Fsp3) is 0.519. The van der Waals surface area contributed by atoms with E-state index in [4.69, 9.17) is 11.6 Å². The number of anilines is 2. The molecular weight excluding hydrogens is 437 g/mol. The maximum Gasteiger partial charge on any atom is 0.155 e. The molecule has 1 aliphatic carbocycles. The van der Waals surface area contributed by atoms with Gasteiger partial charge in [0.15, 0.2) is 5.78 Å². The maximum atomic E-state index is 13.9. The van der Waals surface area contributed by atoms with Crippen LogP contribution in [0.15, 0.2) is 42.5 Å². The number of piperazine rings is 1. The Balaban J connectivity index is 1.35. The van der Waals surface area contributed by atoms with E-state index in [0.29, 0.717) is 10.8 Å². The van der Waals surface area contributed by atoms with Crippen molar-refractivity contribution in [2.75, 3.05) is 36.4 Å². The lowest BCUT2D eigenvalue weighted by Gasteiger charge is -2.45. The van der Waals surface area contributed by atoms with Gasteiger partial charge in [-0.15, -0.1) is 0 Å². The number of aryl methyl sites for hydroxylation is 1. The second-order valence-electron chi connectivity index (χ2n) is 9.75. The van der Waals surface area contributed by atoms with Crippen LogP contribution >= 0.6 is 11.6 Å². The van der Waals surface area contributed by atoms with Crippen molar-refractivity contribution in [1.29, 1.82) is 0 Å². The molecule has 0 amide bonds. The maximum absolute atomic E-state index is 13.9. The van der Waals surface area contributed by atoms with E-state index < -0.39 is 0 Å². The van der Waals surface area contributed by atoms with Gasteiger partial charge in [0.25, 0.3) is 0 Å². The molecule has 2 aromatic carbocycles. The summed E-state index contributed by atoms with van der Waals surface area (Å²) in [6.07, 6.45) is 7.59. The van der Waals surface area contributed by atoms with Crippen LogP contribution in [-0.2, 0) is 11.2 Å². The Morgan fingerprint density at radius 3 is 2.55 bits per heavy atom. The second kappa shape index (κ2) is 10.0. The van der Waals surface area contributed by atoms with Crippen LogP contribution in [0, 0.1) is 11.7 Å². The third-order valence-corrected chi connectivity index (χ3v) is 8.04. The van der Waals surface area contributed by atoms with Gasteiger partial charge in [0.1, 0.15) is 5.82 Å². The standard InChI is InChI=1S/C27H33ClFN3O/c28-22-12-11-21(29)18-25(22)31-14-16-32(17-15-31)26(27(33)20-7-2-1-3-8-20)24-13-10-19-6-4-5-9-23(19)30-24/h4-6,9,11-12,18,20,24,26,30H,1-3,7-8,10,13-17H2. The van der Waals surface area contributed by atoms with Gasteiger partial charge >= 0.3 is 0 Å². The highest BCUT2D eigenvalue weighted by molar-refractivity contribution is 6.33. The third kappa shape index (κ3) is 4.90. The molecule has 2 unspecified atom stereocenters. The van der Waals surface area contributed by atoms with Crippen molar-refractivity contribution in [1.82, 2.24) is 4.90 Å². The fourth-order valence-electron chi connectivity index (χ4n) is 5.93. The summed E-state index contributed by atoms with van der Waals surface area (Å²) in [5, 5.41) is 4.30. The Morgan fingerprint density at radius 2 is 1.76 bits per heavy atom. The van der Waals surface area contributed by atoms with Crippen molar-refractivity contribution in [3.63, 3.8) is 0 Å². The normalized spacial score (nSPS) is 23.0. The molecule has 3 aliphatic rings. The number of nitrogens with one attached hydrogen (secondary N) is 1. The predicted octanol–water partition coefficient (Wildman–Crippen LogP) is 5.55. The van der Waals surface area contributed by atoms with Gasteiger partial charge in [-0.2, -0.15) is 0 Å². The molecule has 0 bridgehead atoms. The Bertz CT molecular complexity index is 985. The lowest BCUT2D eigenvalue weighted by molar-refractivity contribution is -0.130. The van der Waals surface area contributed by atoms with Crippen LogP contribution in [0.5, 0.6) is 0 Å². The molecule has 0 aromatic heterocycles. The summed E-state index contributed by atoms with van der Waals surface area (Å²) in [4.78, 5) is 18.4. The molecule has 6 heteroatoms. The summed E-state index contributed by atoms with van der Waals surface area (Å²) in [6, 6.07) is 13.0. The Hall–Kier alpha value is -2.11. The molecular formula is C27H33ClFN3O.